The van der Waals surface area contributed by atoms with Gasteiger partial charge in [0.25, 0.3) is 0 Å². The summed E-state index contributed by atoms with van der Waals surface area (Å²) in [6.07, 6.45) is 2.38. The molecule has 250 valence electrons. The van der Waals surface area contributed by atoms with Gasteiger partial charge in [-0.05, 0) is 55.7 Å². The van der Waals surface area contributed by atoms with Crippen LogP contribution in [-0.2, 0) is 32.0 Å². The Hall–Kier alpha value is -3.78. The third-order valence-electron chi connectivity index (χ3n) is 8.10. The van der Waals surface area contributed by atoms with Gasteiger partial charge in [-0.15, -0.1) is 0 Å². The molecular formula is C33H49BN6O6. The Morgan fingerprint density at radius 3 is 1.87 bits per heavy atom. The number of benzene rings is 2. The average Bonchev–Trinajstić information content (AvgIpc) is 2.99. The van der Waals surface area contributed by atoms with Crippen molar-refractivity contribution >= 4 is 30.7 Å². The summed E-state index contributed by atoms with van der Waals surface area (Å²) < 4.78 is 0. The van der Waals surface area contributed by atoms with Crippen molar-refractivity contribution in [3.05, 3.63) is 71.8 Å². The van der Waals surface area contributed by atoms with E-state index >= 15 is 0 Å². The molecule has 1 saturated heterocycles. The zero-order valence-electron chi connectivity index (χ0n) is 26.8. The lowest BCUT2D eigenvalue weighted by atomic mass is 9.68. The minimum absolute atomic E-state index is 0.0195. The molecule has 0 radical (unpaired) electrons. The van der Waals surface area contributed by atoms with Gasteiger partial charge < -0.3 is 42.4 Å². The standard InChI is InChI=1S/C33H49BN6O6/c1-22(2)17-28(31(42)37-27(15-9-10-16-35)33(44)40-20-25(21-40)34(45)46)39-32(43)29(19-24-13-7-4-8-14-24)38-30(41)26(36)18-23-11-5-3-6-12-23/h3-8,11-14,22,25-29,45-46H,9-10,15-21,35-36H2,1-2H3,(H,37,42)(H,38,41)(H,39,43)/t26-,27-,28-,29-/m1/s1. The molecule has 9 N–H and O–H groups in total. The number of carbonyl (C=O) groups is 4. The molecule has 1 heterocycles. The van der Waals surface area contributed by atoms with Gasteiger partial charge in [-0.2, -0.15) is 0 Å². The molecule has 3 rings (SSSR count). The molecule has 0 aromatic heterocycles. The molecule has 1 aliphatic rings. The third kappa shape index (κ3) is 11.5. The first-order valence-corrected chi connectivity index (χ1v) is 16.1. The minimum Gasteiger partial charge on any atom is -0.427 e. The van der Waals surface area contributed by atoms with Crippen LogP contribution in [0.1, 0.15) is 50.7 Å². The van der Waals surface area contributed by atoms with Gasteiger partial charge in [0, 0.05) is 25.3 Å². The number of unbranched alkanes of at least 4 members (excludes halogenated alkanes) is 1. The zero-order valence-corrected chi connectivity index (χ0v) is 26.8. The Morgan fingerprint density at radius 1 is 0.804 bits per heavy atom. The molecule has 4 amide bonds. The van der Waals surface area contributed by atoms with Crippen LogP contribution < -0.4 is 27.4 Å². The molecule has 0 bridgehead atoms. The molecule has 13 heteroatoms. The fraction of sp³-hybridized carbons (Fsp3) is 0.515. The first-order chi connectivity index (χ1) is 22.0. The number of rotatable bonds is 18. The molecule has 1 fully saturated rings. The summed E-state index contributed by atoms with van der Waals surface area (Å²) in [5.74, 6) is -2.29. The van der Waals surface area contributed by atoms with Gasteiger partial charge in [0.1, 0.15) is 18.1 Å². The highest BCUT2D eigenvalue weighted by Crippen LogP contribution is 2.24. The van der Waals surface area contributed by atoms with E-state index in [2.05, 4.69) is 16.0 Å². The van der Waals surface area contributed by atoms with Gasteiger partial charge in [0.05, 0.1) is 6.04 Å². The van der Waals surface area contributed by atoms with E-state index < -0.39 is 54.8 Å². The second kappa shape index (κ2) is 18.4. The lowest BCUT2D eigenvalue weighted by Gasteiger charge is -2.41. The molecule has 0 spiro atoms. The van der Waals surface area contributed by atoms with Crippen LogP contribution in [0.3, 0.4) is 0 Å². The normalized spacial score (nSPS) is 15.7. The molecule has 12 nitrogen and oxygen atoms in total. The highest BCUT2D eigenvalue weighted by Gasteiger charge is 2.41. The van der Waals surface area contributed by atoms with Gasteiger partial charge in [0.2, 0.25) is 23.6 Å². The summed E-state index contributed by atoms with van der Waals surface area (Å²) in [5.41, 5.74) is 13.6. The predicted octanol–water partition coefficient (Wildman–Crippen LogP) is 0.114. The first kappa shape index (κ1) is 36.7. The van der Waals surface area contributed by atoms with Crippen LogP contribution in [-0.4, -0.2) is 89.5 Å². The molecular weight excluding hydrogens is 587 g/mol. The van der Waals surface area contributed by atoms with Crippen molar-refractivity contribution in [3.8, 4) is 0 Å². The molecule has 4 atom stereocenters. The predicted molar refractivity (Wildman–Crippen MR) is 177 cm³/mol. The van der Waals surface area contributed by atoms with Crippen molar-refractivity contribution in [2.75, 3.05) is 19.6 Å². The van der Waals surface area contributed by atoms with Crippen LogP contribution in [0.5, 0.6) is 0 Å². The van der Waals surface area contributed by atoms with Crippen LogP contribution in [0, 0.1) is 5.92 Å². The lowest BCUT2D eigenvalue weighted by Crippen LogP contribution is -2.61. The van der Waals surface area contributed by atoms with E-state index in [1.807, 2.05) is 74.5 Å². The van der Waals surface area contributed by atoms with Crippen molar-refractivity contribution in [1.82, 2.24) is 20.9 Å². The van der Waals surface area contributed by atoms with Gasteiger partial charge in [0.15, 0.2) is 0 Å². The maximum Gasteiger partial charge on any atom is 0.458 e. The number of hydrogen-bond donors (Lipinski definition) is 7. The molecule has 2 aromatic rings. The second-order valence-corrected chi connectivity index (χ2v) is 12.5. The number of nitrogens with two attached hydrogens (primary N) is 2. The smallest absolute Gasteiger partial charge is 0.427 e. The number of nitrogens with zero attached hydrogens (tertiary/aromatic N) is 1. The van der Waals surface area contributed by atoms with Gasteiger partial charge in [-0.1, -0.05) is 74.5 Å². The largest absolute Gasteiger partial charge is 0.458 e. The summed E-state index contributed by atoms with van der Waals surface area (Å²) in [7, 11) is -1.52. The van der Waals surface area contributed by atoms with E-state index in [4.69, 9.17) is 11.5 Å². The number of nitrogens with one attached hydrogen (secondary N) is 3. The fourth-order valence-corrected chi connectivity index (χ4v) is 5.40. The highest BCUT2D eigenvalue weighted by molar-refractivity contribution is 6.43. The van der Waals surface area contributed by atoms with Crippen LogP contribution in [0.2, 0.25) is 5.82 Å². The van der Waals surface area contributed by atoms with Crippen molar-refractivity contribution < 1.29 is 29.2 Å². The molecule has 0 aliphatic carbocycles. The SMILES string of the molecule is CC(C)C[C@@H](NC(=O)[C@@H](Cc1ccccc1)NC(=O)[C@H](N)Cc1ccccc1)C(=O)N[C@H](CCCCN)C(=O)N1CC(B(O)O)C1. The van der Waals surface area contributed by atoms with Crippen LogP contribution in [0.4, 0.5) is 0 Å². The molecule has 0 saturated carbocycles. The maximum atomic E-state index is 13.8. The van der Waals surface area contributed by atoms with Crippen molar-refractivity contribution in [2.24, 2.45) is 17.4 Å². The van der Waals surface area contributed by atoms with E-state index in [-0.39, 0.29) is 31.3 Å². The zero-order chi connectivity index (χ0) is 33.6. The Balaban J connectivity index is 1.74. The summed E-state index contributed by atoms with van der Waals surface area (Å²) in [4.78, 5) is 55.4. The number of likely N-dealkylation sites (tertiary alicyclic amines) is 1. The van der Waals surface area contributed by atoms with Crippen molar-refractivity contribution in [2.45, 2.75) is 82.4 Å². The van der Waals surface area contributed by atoms with E-state index in [0.717, 1.165) is 11.1 Å². The summed E-state index contributed by atoms with van der Waals surface area (Å²) in [6.45, 7) is 4.64. The monoisotopic (exact) mass is 636 g/mol. The van der Waals surface area contributed by atoms with Crippen molar-refractivity contribution in [1.29, 1.82) is 0 Å². The lowest BCUT2D eigenvalue weighted by molar-refractivity contribution is -0.140. The Morgan fingerprint density at radius 2 is 1.33 bits per heavy atom. The van der Waals surface area contributed by atoms with Gasteiger partial charge in [-0.3, -0.25) is 19.2 Å². The van der Waals surface area contributed by atoms with E-state index in [1.54, 1.807) is 0 Å². The summed E-state index contributed by atoms with van der Waals surface area (Å²) >= 11 is 0. The summed E-state index contributed by atoms with van der Waals surface area (Å²) in [5, 5.41) is 27.3. The first-order valence-electron chi connectivity index (χ1n) is 16.1. The number of hydrogen-bond acceptors (Lipinski definition) is 8. The Bertz CT molecular complexity index is 1260. The van der Waals surface area contributed by atoms with Crippen LogP contribution in [0.25, 0.3) is 0 Å². The van der Waals surface area contributed by atoms with E-state index in [0.29, 0.717) is 38.6 Å². The van der Waals surface area contributed by atoms with Gasteiger partial charge in [-0.25, -0.2) is 0 Å². The highest BCUT2D eigenvalue weighted by atomic mass is 16.4. The number of amides is 4. The Labute approximate surface area is 271 Å². The quantitative estimate of drug-likeness (QED) is 0.0883. The molecule has 46 heavy (non-hydrogen) atoms. The molecule has 2 aromatic carbocycles. The Kier molecular flexibility index (Phi) is 14.7. The fourth-order valence-electron chi connectivity index (χ4n) is 5.40. The molecule has 0 unspecified atom stereocenters. The third-order valence-corrected chi connectivity index (χ3v) is 8.10. The maximum absolute atomic E-state index is 13.8. The van der Waals surface area contributed by atoms with Crippen molar-refractivity contribution in [3.63, 3.8) is 0 Å². The topological polar surface area (TPSA) is 200 Å². The minimum atomic E-state index is -1.52. The van der Waals surface area contributed by atoms with Crippen LogP contribution in [0.15, 0.2) is 60.7 Å². The number of carbonyl (C=O) groups excluding carboxylic acids is 4. The molecule has 1 aliphatic heterocycles. The van der Waals surface area contributed by atoms with Gasteiger partial charge >= 0.3 is 7.12 Å². The van der Waals surface area contributed by atoms with Crippen LogP contribution >= 0.6 is 0 Å². The second-order valence-electron chi connectivity index (χ2n) is 12.5. The van der Waals surface area contributed by atoms with E-state index in [1.165, 1.54) is 4.90 Å². The van der Waals surface area contributed by atoms with E-state index in [9.17, 15) is 29.2 Å². The average molecular weight is 637 g/mol. The summed E-state index contributed by atoms with van der Waals surface area (Å²) in [6, 6.07) is 14.8.